The van der Waals surface area contributed by atoms with E-state index in [4.69, 9.17) is 9.84 Å². The van der Waals surface area contributed by atoms with Crippen LogP contribution in [0.2, 0.25) is 0 Å². The third-order valence-electron chi connectivity index (χ3n) is 2.46. The lowest BCUT2D eigenvalue weighted by molar-refractivity contribution is 0.0528. The van der Waals surface area contributed by atoms with E-state index >= 15 is 0 Å². The quantitative estimate of drug-likeness (QED) is 0.467. The van der Waals surface area contributed by atoms with Gasteiger partial charge >= 0.3 is 12.1 Å². The van der Waals surface area contributed by atoms with Crippen molar-refractivity contribution < 1.29 is 19.4 Å². The summed E-state index contributed by atoms with van der Waals surface area (Å²) in [5, 5.41) is 12.2. The molecule has 0 radical (unpaired) electrons. The molecule has 1 amide bonds. The largest absolute Gasteiger partial charge is 0.476 e. The Morgan fingerprint density at radius 1 is 1.43 bits per heavy atom. The summed E-state index contributed by atoms with van der Waals surface area (Å²) in [6.07, 6.45) is 6.68. The third-order valence-corrected chi connectivity index (χ3v) is 3.02. The number of carbonyl (C=O) groups excluding carboxylic acids is 1. The first-order valence-corrected chi connectivity index (χ1v) is 8.23. The van der Waals surface area contributed by atoms with E-state index in [9.17, 15) is 9.59 Å². The normalized spacial score (nSPS) is 11.5. The average molecular weight is 339 g/mol. The van der Waals surface area contributed by atoms with Crippen LogP contribution < -0.4 is 5.32 Å². The topological polar surface area (TPSA) is 101 Å². The summed E-state index contributed by atoms with van der Waals surface area (Å²) in [6, 6.07) is 0. The lowest BCUT2D eigenvalue weighted by atomic mass is 10.2. The number of carboxylic acid groups (broad SMARTS) is 1. The van der Waals surface area contributed by atoms with Gasteiger partial charge in [-0.2, -0.15) is 0 Å². The predicted octanol–water partition coefficient (Wildman–Crippen LogP) is 2.82. The first-order valence-electron chi connectivity index (χ1n) is 7.00. The molecule has 7 nitrogen and oxygen atoms in total. The minimum absolute atomic E-state index is 0.0410. The summed E-state index contributed by atoms with van der Waals surface area (Å²) in [5.74, 6) is -1.10. The molecular formula is C15H21N3O4S. The van der Waals surface area contributed by atoms with E-state index in [0.29, 0.717) is 23.7 Å². The zero-order valence-electron chi connectivity index (χ0n) is 13.6. The van der Waals surface area contributed by atoms with E-state index in [1.54, 1.807) is 39.2 Å². The Balaban J connectivity index is 2.55. The van der Waals surface area contributed by atoms with Crippen molar-refractivity contribution in [1.29, 1.82) is 0 Å². The number of aromatic carboxylic acids is 1. The number of amides is 1. The fourth-order valence-corrected chi connectivity index (χ4v) is 1.89. The monoisotopic (exact) mass is 339 g/mol. The number of carbonyl (C=O) groups is 2. The van der Waals surface area contributed by atoms with Crippen molar-refractivity contribution in [2.24, 2.45) is 0 Å². The van der Waals surface area contributed by atoms with E-state index in [2.05, 4.69) is 15.3 Å². The Bertz CT molecular complexity index is 597. The maximum atomic E-state index is 11.4. The molecule has 0 fully saturated rings. The molecule has 1 rings (SSSR count). The van der Waals surface area contributed by atoms with E-state index in [1.807, 2.05) is 0 Å². The van der Waals surface area contributed by atoms with Crippen LogP contribution in [0.25, 0.3) is 6.08 Å². The van der Waals surface area contributed by atoms with Crippen molar-refractivity contribution in [2.45, 2.75) is 37.9 Å². The second-order valence-corrected chi connectivity index (χ2v) is 6.36. The molecule has 0 aromatic carbocycles. The molecule has 1 heterocycles. The van der Waals surface area contributed by atoms with Crippen molar-refractivity contribution in [3.05, 3.63) is 23.5 Å². The van der Waals surface area contributed by atoms with Crippen LogP contribution in [-0.4, -0.2) is 45.5 Å². The third kappa shape index (κ3) is 7.14. The van der Waals surface area contributed by atoms with Crippen LogP contribution >= 0.6 is 11.8 Å². The summed E-state index contributed by atoms with van der Waals surface area (Å²) in [7, 11) is 0. The molecule has 0 aliphatic heterocycles. The van der Waals surface area contributed by atoms with Gasteiger partial charge in [0.2, 0.25) is 0 Å². The highest BCUT2D eigenvalue weighted by atomic mass is 32.2. The second kappa shape index (κ2) is 8.52. The molecule has 0 aliphatic carbocycles. The van der Waals surface area contributed by atoms with Crippen molar-refractivity contribution in [1.82, 2.24) is 15.3 Å². The Morgan fingerprint density at radius 3 is 2.70 bits per heavy atom. The molecular weight excluding hydrogens is 318 g/mol. The zero-order chi connectivity index (χ0) is 17.5. The smallest absolute Gasteiger partial charge is 0.407 e. The van der Waals surface area contributed by atoms with Crippen LogP contribution in [0.4, 0.5) is 4.79 Å². The number of carboxylic acids is 1. The first-order chi connectivity index (χ1) is 10.7. The van der Waals surface area contributed by atoms with Crippen molar-refractivity contribution in [3.63, 3.8) is 0 Å². The fourth-order valence-electron chi connectivity index (χ4n) is 1.55. The van der Waals surface area contributed by atoms with E-state index in [1.165, 1.54) is 18.0 Å². The highest BCUT2D eigenvalue weighted by molar-refractivity contribution is 7.98. The highest BCUT2D eigenvalue weighted by Gasteiger charge is 2.15. The average Bonchev–Trinajstić information content (AvgIpc) is 2.45. The molecule has 0 spiro atoms. The number of ether oxygens (including phenoxy) is 1. The van der Waals surface area contributed by atoms with Gasteiger partial charge in [0.25, 0.3) is 0 Å². The number of nitrogens with zero attached hydrogens (tertiary/aromatic N) is 2. The van der Waals surface area contributed by atoms with E-state index in [0.717, 1.165) is 0 Å². The summed E-state index contributed by atoms with van der Waals surface area (Å²) in [6.45, 7) is 5.76. The maximum absolute atomic E-state index is 11.4. The fraction of sp³-hybridized carbons (Fsp3) is 0.467. The van der Waals surface area contributed by atoms with Gasteiger partial charge in [0.1, 0.15) is 5.60 Å². The highest BCUT2D eigenvalue weighted by Crippen LogP contribution is 2.14. The summed E-state index contributed by atoms with van der Waals surface area (Å²) < 4.78 is 5.10. The molecule has 0 atom stereocenters. The summed E-state index contributed by atoms with van der Waals surface area (Å²) in [4.78, 5) is 30.7. The van der Waals surface area contributed by atoms with Crippen LogP contribution in [-0.2, 0) is 4.74 Å². The van der Waals surface area contributed by atoms with Crippen LogP contribution in [0.3, 0.4) is 0 Å². The van der Waals surface area contributed by atoms with Gasteiger partial charge in [0.05, 0.1) is 0 Å². The van der Waals surface area contributed by atoms with Crippen molar-refractivity contribution in [3.8, 4) is 0 Å². The number of alkyl carbamates (subject to hydrolysis) is 1. The Labute approximate surface area is 139 Å². The number of aromatic nitrogens is 2. The van der Waals surface area contributed by atoms with Gasteiger partial charge in [-0.25, -0.2) is 19.6 Å². The van der Waals surface area contributed by atoms with Crippen molar-refractivity contribution in [2.75, 3.05) is 12.8 Å². The second-order valence-electron chi connectivity index (χ2n) is 5.59. The zero-order valence-corrected chi connectivity index (χ0v) is 14.4. The molecule has 0 saturated carbocycles. The van der Waals surface area contributed by atoms with Crippen LogP contribution in [0.15, 0.2) is 17.4 Å². The summed E-state index contributed by atoms with van der Waals surface area (Å²) >= 11 is 1.28. The Morgan fingerprint density at radius 2 is 2.13 bits per heavy atom. The number of nitrogens with one attached hydrogen (secondary N) is 1. The maximum Gasteiger partial charge on any atom is 0.407 e. The number of thioether (sulfide) groups is 1. The van der Waals surface area contributed by atoms with Gasteiger partial charge < -0.3 is 15.2 Å². The van der Waals surface area contributed by atoms with Gasteiger partial charge in [-0.05, 0) is 33.4 Å². The lowest BCUT2D eigenvalue weighted by Gasteiger charge is -2.19. The van der Waals surface area contributed by atoms with E-state index in [-0.39, 0.29) is 5.69 Å². The number of hydrogen-bond donors (Lipinski definition) is 2. The molecule has 0 unspecified atom stereocenters. The lowest BCUT2D eigenvalue weighted by Crippen LogP contribution is -2.32. The molecule has 126 valence electrons. The van der Waals surface area contributed by atoms with Gasteiger partial charge in [0.15, 0.2) is 10.9 Å². The standard InChI is InChI=1S/C15H21N3O4S/c1-15(2,3)22-14(21)16-8-6-5-7-10-9-17-13(23-4)18-11(10)12(19)20/h5,7,9H,6,8H2,1-4H3,(H,16,21)(H,19,20). The molecule has 2 N–H and O–H groups in total. The predicted molar refractivity (Wildman–Crippen MR) is 88.7 cm³/mol. The number of hydrogen-bond acceptors (Lipinski definition) is 6. The number of rotatable bonds is 6. The molecule has 0 bridgehead atoms. The molecule has 8 heteroatoms. The first kappa shape index (κ1) is 19.0. The van der Waals surface area contributed by atoms with E-state index < -0.39 is 17.7 Å². The minimum atomic E-state index is -1.10. The van der Waals surface area contributed by atoms with Crippen LogP contribution in [0, 0.1) is 0 Å². The molecule has 1 aromatic rings. The van der Waals surface area contributed by atoms with Gasteiger partial charge in [-0.1, -0.05) is 23.9 Å². The van der Waals surface area contributed by atoms with Gasteiger partial charge in [-0.3, -0.25) is 0 Å². The molecule has 0 saturated heterocycles. The minimum Gasteiger partial charge on any atom is -0.476 e. The summed E-state index contributed by atoms with van der Waals surface area (Å²) in [5.41, 5.74) is -0.152. The van der Waals surface area contributed by atoms with Gasteiger partial charge in [0, 0.05) is 18.3 Å². The van der Waals surface area contributed by atoms with Crippen LogP contribution in [0.1, 0.15) is 43.2 Å². The van der Waals surface area contributed by atoms with Crippen LogP contribution in [0.5, 0.6) is 0 Å². The van der Waals surface area contributed by atoms with Gasteiger partial charge in [-0.15, -0.1) is 0 Å². The molecule has 0 aliphatic rings. The molecule has 1 aromatic heterocycles. The molecule has 23 heavy (non-hydrogen) atoms. The Hall–Kier alpha value is -2.09. The SMILES string of the molecule is CSc1ncc(C=CCCNC(=O)OC(C)(C)C)c(C(=O)O)n1. The van der Waals surface area contributed by atoms with Crippen molar-refractivity contribution >= 4 is 29.9 Å². The Kier molecular flexibility index (Phi) is 7.02.